The zero-order valence-electron chi connectivity index (χ0n) is 17.9. The minimum absolute atomic E-state index is 0.252. The van der Waals surface area contributed by atoms with E-state index in [4.69, 9.17) is 21.1 Å². The quantitative estimate of drug-likeness (QED) is 0.670. The summed E-state index contributed by atoms with van der Waals surface area (Å²) in [7, 11) is 1.54. The molecule has 2 aliphatic rings. The first-order chi connectivity index (χ1) is 15.4. The van der Waals surface area contributed by atoms with Gasteiger partial charge >= 0.3 is 0 Å². The van der Waals surface area contributed by atoms with Crippen molar-refractivity contribution in [2.45, 2.75) is 26.4 Å². The number of rotatable bonds is 7. The van der Waals surface area contributed by atoms with Crippen molar-refractivity contribution in [3.05, 3.63) is 58.6 Å². The maximum absolute atomic E-state index is 12.6. The molecule has 0 fully saturated rings. The fourth-order valence-electron chi connectivity index (χ4n) is 4.15. The molecule has 0 aliphatic carbocycles. The Morgan fingerprint density at radius 1 is 0.969 bits per heavy atom. The number of nitrogens with zero attached hydrogens (tertiary/aromatic N) is 2. The molecule has 0 aromatic heterocycles. The van der Waals surface area contributed by atoms with Gasteiger partial charge in [-0.15, -0.1) is 0 Å². The number of methoxy groups -OCH3 is 1. The highest BCUT2D eigenvalue weighted by Crippen LogP contribution is 2.41. The largest absolute Gasteiger partial charge is 0.493 e. The average Bonchev–Trinajstić information content (AvgIpc) is 3.30. The number of nitrogens with one attached hydrogen (secondary N) is 2. The van der Waals surface area contributed by atoms with Crippen molar-refractivity contribution in [3.8, 4) is 11.5 Å². The third-order valence-electron chi connectivity index (χ3n) is 5.78. The topological polar surface area (TPSA) is 101 Å². The zero-order chi connectivity index (χ0) is 22.8. The molecule has 0 radical (unpaired) electrons. The van der Waals surface area contributed by atoms with E-state index in [1.165, 1.54) is 0 Å². The van der Waals surface area contributed by atoms with Crippen LogP contribution in [0.4, 0.5) is 0 Å². The minimum atomic E-state index is -0.603. The predicted molar refractivity (Wildman–Crippen MR) is 121 cm³/mol. The normalized spacial score (nSPS) is 20.9. The van der Waals surface area contributed by atoms with Gasteiger partial charge in [0.2, 0.25) is 11.8 Å². The number of ether oxygens (including phenoxy) is 2. The molecule has 2 N–H and O–H groups in total. The van der Waals surface area contributed by atoms with Gasteiger partial charge in [-0.2, -0.15) is 10.2 Å². The molecule has 0 saturated heterocycles. The van der Waals surface area contributed by atoms with E-state index < -0.39 is 17.8 Å². The number of carbonyl (C=O) groups is 2. The van der Waals surface area contributed by atoms with Crippen LogP contribution in [0.15, 0.2) is 52.7 Å². The van der Waals surface area contributed by atoms with Crippen LogP contribution in [-0.4, -0.2) is 30.3 Å². The smallest absolute Gasteiger partial charge is 0.249 e. The lowest BCUT2D eigenvalue weighted by atomic mass is 9.73. The van der Waals surface area contributed by atoms with Crippen LogP contribution in [0.2, 0.25) is 5.02 Å². The van der Waals surface area contributed by atoms with E-state index >= 15 is 0 Å². The van der Waals surface area contributed by atoms with Crippen molar-refractivity contribution < 1.29 is 19.1 Å². The van der Waals surface area contributed by atoms with E-state index in [-0.39, 0.29) is 18.4 Å². The Kier molecular flexibility index (Phi) is 6.14. The van der Waals surface area contributed by atoms with Gasteiger partial charge < -0.3 is 9.47 Å². The third kappa shape index (κ3) is 4.05. The monoisotopic (exact) mass is 454 g/mol. The van der Waals surface area contributed by atoms with Gasteiger partial charge in [-0.05, 0) is 37.6 Å². The van der Waals surface area contributed by atoms with E-state index in [0.29, 0.717) is 27.9 Å². The molecule has 2 aromatic carbocycles. The summed E-state index contributed by atoms with van der Waals surface area (Å²) >= 11 is 6.22. The summed E-state index contributed by atoms with van der Waals surface area (Å²) in [4.78, 5) is 25.2. The molecule has 32 heavy (non-hydrogen) atoms. The van der Waals surface area contributed by atoms with Crippen LogP contribution in [0, 0.1) is 11.8 Å². The van der Waals surface area contributed by atoms with Gasteiger partial charge in [-0.3, -0.25) is 9.59 Å². The highest BCUT2D eigenvalue weighted by atomic mass is 35.5. The summed E-state index contributed by atoms with van der Waals surface area (Å²) in [5, 5.41) is 8.77. The van der Waals surface area contributed by atoms with E-state index in [1.807, 2.05) is 24.3 Å². The van der Waals surface area contributed by atoms with Gasteiger partial charge in [0.1, 0.15) is 6.61 Å². The van der Waals surface area contributed by atoms with Gasteiger partial charge in [0.15, 0.2) is 11.5 Å². The number of benzene rings is 2. The van der Waals surface area contributed by atoms with Crippen molar-refractivity contribution in [1.29, 1.82) is 0 Å². The van der Waals surface area contributed by atoms with Gasteiger partial charge in [0, 0.05) is 27.9 Å². The molecule has 2 aromatic rings. The molecule has 8 nitrogen and oxygen atoms in total. The SMILES string of the molecule is COc1cc(C(C2C(=O)NN=C2C)C2C(=O)NN=C2C)ccc1OCc1ccccc1Cl. The second-order valence-electron chi connectivity index (χ2n) is 7.73. The number of amides is 2. The maximum Gasteiger partial charge on any atom is 0.249 e. The lowest BCUT2D eigenvalue weighted by molar-refractivity contribution is -0.125. The van der Waals surface area contributed by atoms with Crippen LogP contribution < -0.4 is 20.3 Å². The first-order valence-corrected chi connectivity index (χ1v) is 10.5. The summed E-state index contributed by atoms with van der Waals surface area (Å²) in [5.41, 5.74) is 7.86. The van der Waals surface area contributed by atoms with Crippen LogP contribution in [0.25, 0.3) is 0 Å². The van der Waals surface area contributed by atoms with Crippen LogP contribution in [0.5, 0.6) is 11.5 Å². The lowest BCUT2D eigenvalue weighted by Crippen LogP contribution is -2.38. The first kappa shape index (κ1) is 21.8. The lowest BCUT2D eigenvalue weighted by Gasteiger charge is -2.27. The van der Waals surface area contributed by atoms with E-state index in [0.717, 1.165) is 11.1 Å². The predicted octanol–water partition coefficient (Wildman–Crippen LogP) is 3.26. The molecule has 166 valence electrons. The molecule has 4 rings (SSSR count). The van der Waals surface area contributed by atoms with Crippen molar-refractivity contribution in [3.63, 3.8) is 0 Å². The van der Waals surface area contributed by atoms with E-state index in [9.17, 15) is 9.59 Å². The molecule has 9 heteroatoms. The molecule has 0 spiro atoms. The molecule has 2 heterocycles. The van der Waals surface area contributed by atoms with Crippen molar-refractivity contribution in [2.24, 2.45) is 22.0 Å². The van der Waals surface area contributed by atoms with E-state index in [2.05, 4.69) is 21.1 Å². The standard InChI is InChI=1S/C23H23ClN4O4/c1-12-19(22(29)27-25-12)21(20-13(2)26-28-23(20)30)14-8-9-17(18(10-14)31-3)32-11-15-6-4-5-7-16(15)24/h4-10,19-21H,11H2,1-3H3,(H,27,29)(H,28,30). The van der Waals surface area contributed by atoms with E-state index in [1.54, 1.807) is 39.2 Å². The number of hydrogen-bond donors (Lipinski definition) is 2. The maximum atomic E-state index is 12.6. The Morgan fingerprint density at radius 3 is 2.12 bits per heavy atom. The Balaban J connectivity index is 1.68. The Hall–Kier alpha value is -3.39. The summed E-state index contributed by atoms with van der Waals surface area (Å²) in [6.07, 6.45) is 0. The molecule has 2 aliphatic heterocycles. The fraction of sp³-hybridized carbons (Fsp3) is 0.304. The van der Waals surface area contributed by atoms with Gasteiger partial charge in [-0.1, -0.05) is 35.9 Å². The van der Waals surface area contributed by atoms with Gasteiger partial charge in [0.25, 0.3) is 0 Å². The third-order valence-corrected chi connectivity index (χ3v) is 6.15. The summed E-state index contributed by atoms with van der Waals surface area (Å²) in [5.74, 6) is -1.20. The van der Waals surface area contributed by atoms with Crippen LogP contribution >= 0.6 is 11.6 Å². The molecular formula is C23H23ClN4O4. The molecule has 0 bridgehead atoms. The molecule has 2 unspecified atom stereocenters. The van der Waals surface area contributed by atoms with Crippen molar-refractivity contribution >= 4 is 34.8 Å². The molecular weight excluding hydrogens is 432 g/mol. The highest BCUT2D eigenvalue weighted by molar-refractivity contribution is 6.31. The van der Waals surface area contributed by atoms with Crippen molar-refractivity contribution in [2.75, 3.05) is 7.11 Å². The van der Waals surface area contributed by atoms with Crippen LogP contribution in [0.1, 0.15) is 30.9 Å². The number of carbonyl (C=O) groups excluding carboxylic acids is 2. The number of halogens is 1. The first-order valence-electron chi connectivity index (χ1n) is 10.1. The molecule has 2 atom stereocenters. The van der Waals surface area contributed by atoms with Gasteiger partial charge in [0.05, 0.1) is 18.9 Å². The molecule has 0 saturated carbocycles. The highest BCUT2D eigenvalue weighted by Gasteiger charge is 2.46. The zero-order valence-corrected chi connectivity index (χ0v) is 18.6. The second-order valence-corrected chi connectivity index (χ2v) is 8.14. The molecule has 2 amide bonds. The fourth-order valence-corrected chi connectivity index (χ4v) is 4.34. The number of hydrogen-bond acceptors (Lipinski definition) is 6. The summed E-state index contributed by atoms with van der Waals surface area (Å²) in [6.45, 7) is 3.81. The minimum Gasteiger partial charge on any atom is -0.493 e. The Morgan fingerprint density at radius 2 is 1.59 bits per heavy atom. The average molecular weight is 455 g/mol. The summed E-state index contributed by atoms with van der Waals surface area (Å²) in [6, 6.07) is 12.9. The second kappa shape index (κ2) is 9.00. The summed E-state index contributed by atoms with van der Waals surface area (Å²) < 4.78 is 11.5. The van der Waals surface area contributed by atoms with Crippen LogP contribution in [0.3, 0.4) is 0 Å². The Labute approximate surface area is 190 Å². The number of hydrazone groups is 2. The van der Waals surface area contributed by atoms with Crippen LogP contribution in [-0.2, 0) is 16.2 Å². The van der Waals surface area contributed by atoms with Gasteiger partial charge in [-0.25, -0.2) is 10.9 Å². The van der Waals surface area contributed by atoms with Crippen molar-refractivity contribution in [1.82, 2.24) is 10.9 Å². The Bertz CT molecular complexity index is 1090.